The summed E-state index contributed by atoms with van der Waals surface area (Å²) in [5, 5.41) is 0. The molecule has 1 atom stereocenters. The predicted octanol–water partition coefficient (Wildman–Crippen LogP) is 5.07. The number of hydrogen-bond acceptors (Lipinski definition) is 2. The number of allylic oxidation sites excluding steroid dienone is 2. The van der Waals surface area contributed by atoms with E-state index in [1.54, 1.807) is 37.3 Å². The summed E-state index contributed by atoms with van der Waals surface area (Å²) in [7, 11) is 0. The highest BCUT2D eigenvalue weighted by molar-refractivity contribution is 9.26. The molecule has 1 amide bonds. The number of benzene rings is 1. The molecule has 0 aromatic heterocycles. The van der Waals surface area contributed by atoms with Crippen LogP contribution in [0.2, 0.25) is 0 Å². The molecule has 2 rings (SSSR count). The summed E-state index contributed by atoms with van der Waals surface area (Å²) in [6.07, 6.45) is 1.71. The average Bonchev–Trinajstić information content (AvgIpc) is 2.49. The van der Waals surface area contributed by atoms with Crippen LogP contribution in [-0.4, -0.2) is 25.0 Å². The van der Waals surface area contributed by atoms with Crippen LogP contribution in [-0.2, 0) is 4.79 Å². The zero-order valence-corrected chi connectivity index (χ0v) is 17.7. The fourth-order valence-electron chi connectivity index (χ4n) is 2.22. The van der Waals surface area contributed by atoms with E-state index in [0.29, 0.717) is 16.8 Å². The van der Waals surface area contributed by atoms with Gasteiger partial charge in [0.05, 0.1) is 10.0 Å². The van der Waals surface area contributed by atoms with Crippen LogP contribution in [0.4, 0.5) is 0 Å². The number of carbonyl (C=O) groups is 2. The molecule has 1 aromatic carbocycles. The number of aliphatic imine (C=N–C) groups is 1. The van der Waals surface area contributed by atoms with Gasteiger partial charge in [0.2, 0.25) is 0 Å². The number of Topliss-reactive ketones (excluding diaryl/α,β-unsaturated/α-hetero) is 1. The lowest BCUT2D eigenvalue weighted by Crippen LogP contribution is -2.53. The van der Waals surface area contributed by atoms with Crippen LogP contribution in [0, 0.1) is 5.92 Å². The van der Waals surface area contributed by atoms with E-state index in [-0.39, 0.29) is 17.6 Å². The molecule has 0 saturated carbocycles. The van der Waals surface area contributed by atoms with Crippen molar-refractivity contribution < 1.29 is 9.59 Å². The van der Waals surface area contributed by atoms with Gasteiger partial charge in [-0.05, 0) is 31.1 Å². The van der Waals surface area contributed by atoms with Crippen LogP contribution in [0.15, 0.2) is 47.0 Å². The van der Waals surface area contributed by atoms with E-state index in [4.69, 9.17) is 0 Å². The number of amides is 1. The van der Waals surface area contributed by atoms with Gasteiger partial charge < -0.3 is 0 Å². The van der Waals surface area contributed by atoms with Crippen molar-refractivity contribution in [1.82, 2.24) is 0 Å². The lowest BCUT2D eigenvalue weighted by atomic mass is 9.83. The number of carbonyl (C=O) groups excluding carboxylic acids is 2. The van der Waals surface area contributed by atoms with E-state index in [9.17, 15) is 9.59 Å². The molecule has 0 fully saturated rings. The SMILES string of the molecule is CC(C)C1=CC(=NC(=O)c2ccccc2)C(C)(Br)C(Br)(Br)C1=O. The molecular formula is C17H16Br3NO2. The molecule has 1 unspecified atom stereocenters. The van der Waals surface area contributed by atoms with E-state index in [2.05, 4.69) is 52.8 Å². The smallest absolute Gasteiger partial charge is 0.277 e. The Kier molecular flexibility index (Phi) is 5.48. The molecule has 0 saturated heterocycles. The summed E-state index contributed by atoms with van der Waals surface area (Å²) < 4.78 is -1.92. The summed E-state index contributed by atoms with van der Waals surface area (Å²) in [6.45, 7) is 5.68. The monoisotopic (exact) mass is 503 g/mol. The van der Waals surface area contributed by atoms with Gasteiger partial charge in [0.15, 0.2) is 9.02 Å². The molecule has 0 radical (unpaired) electrons. The zero-order chi connectivity index (χ0) is 17.4. The summed E-state index contributed by atoms with van der Waals surface area (Å²) in [6, 6.07) is 8.86. The van der Waals surface area contributed by atoms with Crippen LogP contribution in [0.5, 0.6) is 0 Å². The lowest BCUT2D eigenvalue weighted by molar-refractivity contribution is -0.116. The first kappa shape index (κ1) is 18.7. The molecule has 1 aliphatic rings. The molecule has 0 heterocycles. The van der Waals surface area contributed by atoms with Crippen LogP contribution in [0.25, 0.3) is 0 Å². The Labute approximate surface area is 161 Å². The third-order valence-corrected chi connectivity index (χ3v) is 8.15. The largest absolute Gasteiger partial charge is 0.292 e. The Bertz CT molecular complexity index is 704. The fraction of sp³-hybridized carbons (Fsp3) is 0.353. The molecule has 1 aromatic rings. The van der Waals surface area contributed by atoms with Crippen LogP contribution in [0.3, 0.4) is 0 Å². The summed E-state index contributed by atoms with van der Waals surface area (Å²) in [4.78, 5) is 29.4. The Morgan fingerprint density at radius 1 is 1.13 bits per heavy atom. The van der Waals surface area contributed by atoms with E-state index < -0.39 is 7.56 Å². The van der Waals surface area contributed by atoms with Crippen molar-refractivity contribution in [2.45, 2.75) is 28.3 Å². The second-order valence-corrected chi connectivity index (χ2v) is 10.9. The van der Waals surface area contributed by atoms with Crippen molar-refractivity contribution in [3.63, 3.8) is 0 Å². The van der Waals surface area contributed by atoms with Crippen molar-refractivity contribution in [3.8, 4) is 0 Å². The van der Waals surface area contributed by atoms with Gasteiger partial charge in [0, 0.05) is 11.1 Å². The molecule has 1 aliphatic carbocycles. The van der Waals surface area contributed by atoms with Gasteiger partial charge in [0.25, 0.3) is 5.91 Å². The molecule has 0 spiro atoms. The van der Waals surface area contributed by atoms with Crippen LogP contribution >= 0.6 is 47.8 Å². The number of rotatable bonds is 2. The standard InChI is InChI=1S/C17H16Br3NO2/c1-10(2)12-9-13(16(3,18)17(19,20)14(12)22)21-15(23)11-7-5-4-6-8-11/h4-10H,1-3H3. The number of hydrogen-bond donors (Lipinski definition) is 0. The summed E-state index contributed by atoms with van der Waals surface area (Å²) in [5.74, 6) is -0.383. The highest BCUT2D eigenvalue weighted by atomic mass is 79.9. The molecule has 0 N–H and O–H groups in total. The fourth-order valence-corrected chi connectivity index (χ4v) is 3.47. The minimum absolute atomic E-state index is 0.0256. The van der Waals surface area contributed by atoms with Gasteiger partial charge in [-0.3, -0.25) is 9.59 Å². The first-order valence-corrected chi connectivity index (χ1v) is 9.48. The van der Waals surface area contributed by atoms with Gasteiger partial charge in [-0.2, -0.15) is 0 Å². The molecule has 23 heavy (non-hydrogen) atoms. The Hall–Kier alpha value is -0.590. The van der Waals surface area contributed by atoms with Crippen molar-refractivity contribution in [2.24, 2.45) is 10.9 Å². The maximum Gasteiger partial charge on any atom is 0.277 e. The topological polar surface area (TPSA) is 46.5 Å². The maximum absolute atomic E-state index is 12.7. The summed E-state index contributed by atoms with van der Waals surface area (Å²) >= 11 is 10.5. The summed E-state index contributed by atoms with van der Waals surface area (Å²) in [5.41, 5.74) is 1.63. The zero-order valence-electron chi connectivity index (χ0n) is 12.9. The number of nitrogens with zero attached hydrogens (tertiary/aromatic N) is 1. The first-order chi connectivity index (χ1) is 10.6. The molecule has 3 nitrogen and oxygen atoms in total. The van der Waals surface area contributed by atoms with Crippen molar-refractivity contribution in [3.05, 3.63) is 47.5 Å². The second-order valence-electron chi connectivity index (χ2n) is 5.83. The van der Waals surface area contributed by atoms with Crippen molar-refractivity contribution in [1.29, 1.82) is 0 Å². The Morgan fingerprint density at radius 3 is 2.22 bits per heavy atom. The number of halogens is 3. The van der Waals surface area contributed by atoms with E-state index in [0.717, 1.165) is 0 Å². The minimum Gasteiger partial charge on any atom is -0.292 e. The van der Waals surface area contributed by atoms with Gasteiger partial charge in [0.1, 0.15) is 0 Å². The average molecular weight is 506 g/mol. The predicted molar refractivity (Wildman–Crippen MR) is 104 cm³/mol. The molecule has 0 bridgehead atoms. The lowest BCUT2D eigenvalue weighted by Gasteiger charge is -2.40. The van der Waals surface area contributed by atoms with Gasteiger partial charge in [-0.15, -0.1) is 0 Å². The highest BCUT2D eigenvalue weighted by Gasteiger charge is 2.55. The normalized spacial score (nSPS) is 25.6. The quantitative estimate of drug-likeness (QED) is 0.527. The molecule has 0 aliphatic heterocycles. The van der Waals surface area contributed by atoms with Crippen LogP contribution < -0.4 is 0 Å². The van der Waals surface area contributed by atoms with Gasteiger partial charge in [-0.1, -0.05) is 79.8 Å². The first-order valence-electron chi connectivity index (χ1n) is 7.10. The maximum atomic E-state index is 12.7. The Balaban J connectivity index is 2.56. The van der Waals surface area contributed by atoms with Gasteiger partial charge >= 0.3 is 0 Å². The van der Waals surface area contributed by atoms with E-state index in [1.165, 1.54) is 0 Å². The number of alkyl halides is 3. The molecular weight excluding hydrogens is 490 g/mol. The molecule has 6 heteroatoms. The van der Waals surface area contributed by atoms with E-state index >= 15 is 0 Å². The highest BCUT2D eigenvalue weighted by Crippen LogP contribution is 2.50. The van der Waals surface area contributed by atoms with Gasteiger partial charge in [-0.25, -0.2) is 4.99 Å². The van der Waals surface area contributed by atoms with Crippen molar-refractivity contribution in [2.75, 3.05) is 0 Å². The van der Waals surface area contributed by atoms with E-state index in [1.807, 2.05) is 19.9 Å². The Morgan fingerprint density at radius 2 is 1.70 bits per heavy atom. The van der Waals surface area contributed by atoms with Crippen LogP contribution in [0.1, 0.15) is 31.1 Å². The third kappa shape index (κ3) is 3.44. The number of ketones is 1. The molecule has 122 valence electrons. The second kappa shape index (κ2) is 6.73. The van der Waals surface area contributed by atoms with Crippen molar-refractivity contribution >= 4 is 65.2 Å². The third-order valence-electron chi connectivity index (χ3n) is 3.77. The minimum atomic E-state index is -1.06.